The molecule has 3 fully saturated rings. The summed E-state index contributed by atoms with van der Waals surface area (Å²) in [5, 5.41) is 51.3. The molecule has 81 heavy (non-hydrogen) atoms. The largest absolute Gasteiger partial charge is 0.507 e. The number of aliphatic hydroxyl groups excluding tert-OH is 2. The maximum absolute atomic E-state index is 16.3. The van der Waals surface area contributed by atoms with Crippen molar-refractivity contribution in [1.29, 1.82) is 0 Å². The number of rotatable bonds is 8. The number of hydrogen-bond acceptors (Lipinski definition) is 17. The smallest absolute Gasteiger partial charge is 0.341 e. The highest BCUT2D eigenvalue weighted by molar-refractivity contribution is 6.32. The Labute approximate surface area is 468 Å². The third-order valence-corrected chi connectivity index (χ3v) is 17.3. The molecule has 5 bridgehead atoms. The monoisotopic (exact) mass is 1120 g/mol. The van der Waals surface area contributed by atoms with Crippen molar-refractivity contribution in [2.45, 2.75) is 143 Å². The number of likely N-dealkylation sites (tertiary alicyclic amines) is 1. The average Bonchev–Trinajstić information content (AvgIpc) is 4.33. The quantitative estimate of drug-likeness (QED) is 0.143. The van der Waals surface area contributed by atoms with Crippen LogP contribution in [0.2, 0.25) is 0 Å². The molecule has 434 valence electrons. The van der Waals surface area contributed by atoms with E-state index in [1.165, 1.54) is 53.0 Å². The number of amides is 1. The summed E-state index contributed by atoms with van der Waals surface area (Å²) in [5.41, 5.74) is -1.05. The normalized spacial score (nSPS) is 30.9. The van der Waals surface area contributed by atoms with Crippen molar-refractivity contribution in [3.05, 3.63) is 115 Å². The Kier molecular flexibility index (Phi) is 16.3. The van der Waals surface area contributed by atoms with E-state index in [1.54, 1.807) is 51.7 Å². The van der Waals surface area contributed by atoms with Crippen LogP contribution in [0.4, 0.5) is 10.1 Å². The number of aryl methyl sites for hydroxylation is 1. The maximum atomic E-state index is 16.3. The van der Waals surface area contributed by atoms with Crippen molar-refractivity contribution >= 4 is 46.4 Å². The number of carboxylic acids is 1. The summed E-state index contributed by atoms with van der Waals surface area (Å²) in [6, 6.07) is 0.901. The molecule has 1 unspecified atom stereocenters. The number of nitrogens with zero attached hydrogens (tertiary/aromatic N) is 3. The molecular formula is C60H72FN5O15. The van der Waals surface area contributed by atoms with E-state index in [0.717, 1.165) is 29.7 Å². The highest BCUT2D eigenvalue weighted by atomic mass is 19.1. The number of aliphatic hydroxyl groups is 2. The fraction of sp³-hybridized carbons (Fsp3) is 0.517. The molecule has 0 radical (unpaired) electrons. The SMILES string of the molecule is CO[C@H]1/C=C/O[C@@]2(C)Oc3c(C)c(O)c4c(c3C2=O)C(=O)C(N2CCCC(N[C@H]3CCN(c5c(F)cn6c(=O)c(C(=O)O)cc(C7CC7)c6c5C)C3)C2)=C(NC(=O)/C(C)=C\C=C\[C@H](C)[C@H](O)[C@@H](C)[C@@H](O)[C@@H](C)[C@H](OC(C)=O)[C@@H]1C)C4=O. The van der Waals surface area contributed by atoms with E-state index in [0.29, 0.717) is 54.7 Å². The lowest BCUT2D eigenvalue weighted by molar-refractivity contribution is -0.160. The first kappa shape index (κ1) is 58.5. The zero-order valence-electron chi connectivity index (χ0n) is 47.3. The molecule has 5 aliphatic heterocycles. The Balaban J connectivity index is 1.06. The number of carboxylic acid groups (broad SMARTS) is 1. The predicted molar refractivity (Wildman–Crippen MR) is 294 cm³/mol. The molecule has 0 spiro atoms. The van der Waals surface area contributed by atoms with Crippen LogP contribution in [-0.4, -0.2) is 140 Å². The zero-order chi connectivity index (χ0) is 58.8. The number of carbonyl (C=O) groups is 6. The van der Waals surface area contributed by atoms with Crippen LogP contribution >= 0.6 is 0 Å². The van der Waals surface area contributed by atoms with E-state index in [2.05, 4.69) is 10.6 Å². The van der Waals surface area contributed by atoms with Crippen LogP contribution in [0.5, 0.6) is 11.5 Å². The van der Waals surface area contributed by atoms with Gasteiger partial charge in [0.15, 0.2) is 5.82 Å². The van der Waals surface area contributed by atoms with Crippen molar-refractivity contribution in [2.24, 2.45) is 23.7 Å². The number of ketones is 3. The third kappa shape index (κ3) is 10.7. The van der Waals surface area contributed by atoms with E-state index in [4.69, 9.17) is 18.9 Å². The molecule has 3 aromatic rings. The second kappa shape index (κ2) is 22.6. The number of methoxy groups -OCH3 is 1. The molecule has 10 rings (SSSR count). The minimum Gasteiger partial charge on any atom is -0.507 e. The molecule has 1 aromatic carbocycles. The lowest BCUT2D eigenvalue weighted by Crippen LogP contribution is -2.51. The zero-order valence-corrected chi connectivity index (χ0v) is 47.3. The van der Waals surface area contributed by atoms with Crippen molar-refractivity contribution in [2.75, 3.05) is 38.2 Å². The number of pyridine rings is 2. The molecule has 11 atom stereocenters. The predicted octanol–water partition coefficient (Wildman–Crippen LogP) is 5.93. The van der Waals surface area contributed by atoms with Gasteiger partial charge >= 0.3 is 17.7 Å². The Bertz CT molecular complexity index is 3320. The number of aromatic nitrogens is 1. The van der Waals surface area contributed by atoms with Gasteiger partial charge in [0, 0.05) is 94.0 Å². The molecule has 6 N–H and O–H groups in total. The molecule has 1 saturated carbocycles. The number of allylic oxidation sites excluding steroid dienone is 4. The number of hydrogen-bond donors (Lipinski definition) is 6. The molecule has 1 amide bonds. The second-order valence-electron chi connectivity index (χ2n) is 23.0. The number of fused-ring (bicyclic) bond motifs is 15. The van der Waals surface area contributed by atoms with Crippen LogP contribution in [0.25, 0.3) is 5.52 Å². The Morgan fingerprint density at radius 1 is 0.864 bits per heavy atom. The molecule has 20 nitrogen and oxygen atoms in total. The summed E-state index contributed by atoms with van der Waals surface area (Å²) in [4.78, 5) is 101. The van der Waals surface area contributed by atoms with Gasteiger partial charge in [0.05, 0.1) is 58.7 Å². The van der Waals surface area contributed by atoms with Gasteiger partial charge < -0.3 is 59.8 Å². The van der Waals surface area contributed by atoms with Gasteiger partial charge in [0.1, 0.15) is 34.6 Å². The number of esters is 1. The molecule has 21 heteroatoms. The molecule has 7 aliphatic rings. The summed E-state index contributed by atoms with van der Waals surface area (Å²) in [6.07, 6.45) is 7.59. The lowest BCUT2D eigenvalue weighted by atomic mass is 9.78. The number of carbonyl (C=O) groups excluding carboxylic acids is 5. The van der Waals surface area contributed by atoms with Gasteiger partial charge in [-0.3, -0.25) is 33.2 Å². The van der Waals surface area contributed by atoms with E-state index in [-0.39, 0.29) is 59.2 Å². The molecule has 7 heterocycles. The number of anilines is 1. The Hall–Kier alpha value is -7.20. The number of aromatic carboxylic acids is 1. The number of nitrogens with one attached hydrogen (secondary N) is 2. The van der Waals surface area contributed by atoms with Gasteiger partial charge in [0.25, 0.3) is 17.2 Å². The number of phenolic OH excluding ortho intramolecular Hbond substituents is 1. The fourth-order valence-electron chi connectivity index (χ4n) is 12.6. The first-order valence-corrected chi connectivity index (χ1v) is 27.7. The second-order valence-corrected chi connectivity index (χ2v) is 23.0. The van der Waals surface area contributed by atoms with Crippen molar-refractivity contribution in [1.82, 2.24) is 19.9 Å². The van der Waals surface area contributed by atoms with Crippen LogP contribution in [-0.2, 0) is 23.8 Å². The van der Waals surface area contributed by atoms with Gasteiger partial charge in [-0.25, -0.2) is 9.18 Å². The summed E-state index contributed by atoms with van der Waals surface area (Å²) in [7, 11) is 1.41. The summed E-state index contributed by atoms with van der Waals surface area (Å²) < 4.78 is 41.3. The highest BCUT2D eigenvalue weighted by Crippen LogP contribution is 2.50. The van der Waals surface area contributed by atoms with Gasteiger partial charge in [-0.15, -0.1) is 0 Å². The van der Waals surface area contributed by atoms with Crippen LogP contribution < -0.4 is 25.8 Å². The van der Waals surface area contributed by atoms with Gasteiger partial charge in [-0.1, -0.05) is 45.9 Å². The third-order valence-electron chi connectivity index (χ3n) is 17.3. The van der Waals surface area contributed by atoms with Crippen molar-refractivity contribution in [3.63, 3.8) is 0 Å². The Morgan fingerprint density at radius 2 is 1.56 bits per heavy atom. The van der Waals surface area contributed by atoms with E-state index < -0.39 is 129 Å². The first-order chi connectivity index (χ1) is 38.3. The van der Waals surface area contributed by atoms with E-state index in [1.807, 2.05) is 4.90 Å². The number of ether oxygens (including phenoxy) is 4. The van der Waals surface area contributed by atoms with Crippen LogP contribution in [0.3, 0.4) is 0 Å². The average molecular weight is 1120 g/mol. The minimum absolute atomic E-state index is 0.0442. The minimum atomic E-state index is -2.16. The van der Waals surface area contributed by atoms with Gasteiger partial charge in [-0.2, -0.15) is 0 Å². The number of halogens is 1. The number of benzene rings is 1. The van der Waals surface area contributed by atoms with E-state index >= 15 is 14.0 Å². The van der Waals surface area contributed by atoms with Gasteiger partial charge in [-0.05, 0) is 82.1 Å². The fourth-order valence-corrected chi connectivity index (χ4v) is 12.6. The number of piperidine rings is 1. The number of phenols is 1. The van der Waals surface area contributed by atoms with Gasteiger partial charge in [0.2, 0.25) is 11.6 Å². The number of aromatic hydroxyl groups is 1. The highest BCUT2D eigenvalue weighted by Gasteiger charge is 2.53. The number of Topliss-reactive ketones (excluding diaryl/α,β-unsaturated/α-hetero) is 3. The van der Waals surface area contributed by atoms with E-state index in [9.17, 15) is 44.4 Å². The molecule has 2 saturated heterocycles. The molecular weight excluding hydrogens is 1050 g/mol. The summed E-state index contributed by atoms with van der Waals surface area (Å²) in [6.45, 7) is 15.2. The van der Waals surface area contributed by atoms with Crippen molar-refractivity contribution < 1.29 is 72.5 Å². The topological polar surface area (TPSA) is 272 Å². The Morgan fingerprint density at radius 3 is 2.22 bits per heavy atom. The van der Waals surface area contributed by atoms with Crippen LogP contribution in [0.15, 0.2) is 64.6 Å². The van der Waals surface area contributed by atoms with Crippen LogP contribution in [0, 0.1) is 43.3 Å². The summed E-state index contributed by atoms with van der Waals surface area (Å²) in [5.74, 6) is -11.7. The lowest BCUT2D eigenvalue weighted by Gasteiger charge is -2.39. The summed E-state index contributed by atoms with van der Waals surface area (Å²) >= 11 is 0. The standard InChI is InChI=1S/C60H72FN5O15/c1-27-13-11-14-28(2)57(74)63-45-48(64-20-12-15-36(24-64)62-37-18-21-65(25-37)47-30(4)46-38(35-16-17-35)23-39(59(76)77)58(75)66(46)26-40(47)61)53(72)42-43(52(45)71)51(70)33(7)55-44(42)56(73)60(9,81-55)79-22-19-41(78-10)29(3)54(80-34(8)67)32(6)50(69)31(5)49(27)68/h11,13-14,19,22-23,26-27,29,31-32,35-37,41,49-50,54,62,68-70H,12,15-18,20-21,24-25H2,1-10H3,(H,63,74)(H,76,77)/b13-11+,22-19+,28-14-/t27-,29+,31+,32+,36?,37-,41-,49-,50+,54+,60-/m0/s1. The van der Waals surface area contributed by atoms with Crippen molar-refractivity contribution in [3.8, 4) is 11.5 Å². The molecule has 2 aliphatic carbocycles. The first-order valence-electron chi connectivity index (χ1n) is 27.7. The molecule has 2 aromatic heterocycles. The van der Waals surface area contributed by atoms with Crippen LogP contribution in [0.1, 0.15) is 145 Å². The maximum Gasteiger partial charge on any atom is 0.341 e.